The second-order valence-corrected chi connectivity index (χ2v) is 10.6. The highest BCUT2D eigenvalue weighted by Crippen LogP contribution is 2.42. The van der Waals surface area contributed by atoms with Gasteiger partial charge in [0.2, 0.25) is 0 Å². The molecule has 186 valence electrons. The van der Waals surface area contributed by atoms with Gasteiger partial charge < -0.3 is 4.98 Å². The number of aromatic amines is 1. The van der Waals surface area contributed by atoms with Gasteiger partial charge >= 0.3 is 0 Å². The molecule has 2 nitrogen and oxygen atoms in total. The normalized spacial score (nSPS) is 12.0. The van der Waals surface area contributed by atoms with Crippen molar-refractivity contribution in [2.75, 3.05) is 0 Å². The van der Waals surface area contributed by atoms with E-state index in [9.17, 15) is 0 Å². The largest absolute Gasteiger partial charge is 0.341 e. The quantitative estimate of drug-likeness (QED) is 0.229. The van der Waals surface area contributed by atoms with Crippen LogP contribution in [0.25, 0.3) is 82.3 Å². The molecule has 40 heavy (non-hydrogen) atoms. The fourth-order valence-electron chi connectivity index (χ4n) is 6.76. The molecule has 0 bridgehead atoms. The molecule has 0 aliphatic rings. The number of para-hydroxylation sites is 2. The number of rotatable bonds is 3. The Morgan fingerprint density at radius 1 is 0.400 bits per heavy atom. The van der Waals surface area contributed by atoms with Gasteiger partial charge in [-0.15, -0.1) is 0 Å². The van der Waals surface area contributed by atoms with Crippen LogP contribution in [-0.2, 0) is 0 Å². The molecule has 0 spiro atoms. The maximum absolute atomic E-state index is 3.79. The van der Waals surface area contributed by atoms with Crippen molar-refractivity contribution in [2.45, 2.75) is 0 Å². The van der Waals surface area contributed by atoms with Crippen molar-refractivity contribution in [3.8, 4) is 28.2 Å². The van der Waals surface area contributed by atoms with Crippen LogP contribution in [0.2, 0.25) is 0 Å². The molecule has 0 amide bonds. The number of hydrogen-bond acceptors (Lipinski definition) is 0. The predicted molar refractivity (Wildman–Crippen MR) is 170 cm³/mol. The van der Waals surface area contributed by atoms with Crippen LogP contribution in [0, 0.1) is 0 Å². The summed E-state index contributed by atoms with van der Waals surface area (Å²) in [5, 5.41) is 10.3. The van der Waals surface area contributed by atoms with Gasteiger partial charge in [-0.25, -0.2) is 0 Å². The topological polar surface area (TPSA) is 20.7 Å². The van der Waals surface area contributed by atoms with E-state index in [0.717, 1.165) is 11.5 Å². The van der Waals surface area contributed by atoms with Crippen molar-refractivity contribution in [1.29, 1.82) is 0 Å². The molecule has 0 aliphatic heterocycles. The summed E-state index contributed by atoms with van der Waals surface area (Å²) < 4.78 is 2.34. The van der Waals surface area contributed by atoms with Gasteiger partial charge in [-0.2, -0.15) is 0 Å². The Balaban J connectivity index is 1.28. The van der Waals surface area contributed by atoms with Crippen LogP contribution >= 0.6 is 0 Å². The number of H-pyrrole nitrogens is 1. The van der Waals surface area contributed by atoms with E-state index in [2.05, 4.69) is 149 Å². The summed E-state index contributed by atoms with van der Waals surface area (Å²) >= 11 is 0. The minimum Gasteiger partial charge on any atom is -0.341 e. The van der Waals surface area contributed by atoms with E-state index in [1.54, 1.807) is 0 Å². The first-order chi connectivity index (χ1) is 19.8. The molecule has 2 aromatic heterocycles. The van der Waals surface area contributed by atoms with Crippen LogP contribution in [0.3, 0.4) is 0 Å². The van der Waals surface area contributed by atoms with E-state index >= 15 is 0 Å². The average Bonchev–Trinajstić information content (AvgIpc) is 3.63. The van der Waals surface area contributed by atoms with Crippen LogP contribution in [0.15, 0.2) is 140 Å². The fraction of sp³-hybridized carbons (Fsp3) is 0. The SMILES string of the molecule is c1ccc(-c2ccc3ccc4c(-c5ccc(-n6c7ccccc7c7ccccc76)[nH]5)ccc5ccc2c3c54)cc1. The van der Waals surface area contributed by atoms with Crippen molar-refractivity contribution in [3.63, 3.8) is 0 Å². The molecule has 0 radical (unpaired) electrons. The zero-order chi connectivity index (χ0) is 26.2. The van der Waals surface area contributed by atoms with E-state index in [0.29, 0.717) is 0 Å². The number of nitrogens with zero attached hydrogens (tertiary/aromatic N) is 1. The molecular formula is C38H24N2. The number of nitrogens with one attached hydrogen (secondary N) is 1. The zero-order valence-electron chi connectivity index (χ0n) is 21.7. The van der Waals surface area contributed by atoms with Crippen molar-refractivity contribution in [1.82, 2.24) is 9.55 Å². The molecule has 0 fully saturated rings. The lowest BCUT2D eigenvalue weighted by molar-refractivity contribution is 1.11. The van der Waals surface area contributed by atoms with Gasteiger partial charge in [0, 0.05) is 22.0 Å². The lowest BCUT2D eigenvalue weighted by Crippen LogP contribution is -1.94. The summed E-state index contributed by atoms with van der Waals surface area (Å²) in [5.74, 6) is 1.07. The molecule has 0 aliphatic carbocycles. The Morgan fingerprint density at radius 3 is 1.62 bits per heavy atom. The predicted octanol–water partition coefficient (Wildman–Crippen LogP) is 10.3. The number of aromatic nitrogens is 2. The molecule has 0 saturated heterocycles. The first-order valence-corrected chi connectivity index (χ1v) is 13.8. The van der Waals surface area contributed by atoms with E-state index in [4.69, 9.17) is 0 Å². The Hall–Kier alpha value is -5.34. The third kappa shape index (κ3) is 2.93. The Kier molecular flexibility index (Phi) is 4.36. The van der Waals surface area contributed by atoms with Gasteiger partial charge in [-0.1, -0.05) is 115 Å². The van der Waals surface area contributed by atoms with Gasteiger partial charge in [-0.3, -0.25) is 4.57 Å². The third-order valence-corrected chi connectivity index (χ3v) is 8.53. The number of hydrogen-bond donors (Lipinski definition) is 1. The van der Waals surface area contributed by atoms with Gasteiger partial charge in [-0.05, 0) is 67.7 Å². The minimum absolute atomic E-state index is 1.07. The molecule has 0 atom stereocenters. The fourth-order valence-corrected chi connectivity index (χ4v) is 6.76. The van der Waals surface area contributed by atoms with Crippen LogP contribution in [0.5, 0.6) is 0 Å². The maximum atomic E-state index is 3.79. The molecule has 0 saturated carbocycles. The van der Waals surface area contributed by atoms with E-state index in [-0.39, 0.29) is 0 Å². The zero-order valence-corrected chi connectivity index (χ0v) is 21.7. The summed E-state index contributed by atoms with van der Waals surface area (Å²) in [4.78, 5) is 3.79. The molecule has 2 heteroatoms. The highest BCUT2D eigenvalue weighted by Gasteiger charge is 2.17. The lowest BCUT2D eigenvalue weighted by Gasteiger charge is -2.16. The average molecular weight is 509 g/mol. The van der Waals surface area contributed by atoms with Crippen LogP contribution < -0.4 is 0 Å². The van der Waals surface area contributed by atoms with Crippen LogP contribution in [0.4, 0.5) is 0 Å². The van der Waals surface area contributed by atoms with E-state index in [1.807, 2.05) is 0 Å². The number of benzene rings is 7. The minimum atomic E-state index is 1.07. The Labute approximate surface area is 231 Å². The monoisotopic (exact) mass is 508 g/mol. The van der Waals surface area contributed by atoms with Gasteiger partial charge in [0.25, 0.3) is 0 Å². The highest BCUT2D eigenvalue weighted by molar-refractivity contribution is 6.27. The molecule has 9 rings (SSSR count). The first kappa shape index (κ1) is 21.6. The Bertz CT molecular complexity index is 2320. The van der Waals surface area contributed by atoms with Crippen LogP contribution in [0.1, 0.15) is 0 Å². The lowest BCUT2D eigenvalue weighted by atomic mass is 9.88. The van der Waals surface area contributed by atoms with Gasteiger partial charge in [0.15, 0.2) is 0 Å². The van der Waals surface area contributed by atoms with Crippen molar-refractivity contribution >= 4 is 54.1 Å². The molecular weight excluding hydrogens is 484 g/mol. The Morgan fingerprint density at radius 2 is 0.950 bits per heavy atom. The summed E-state index contributed by atoms with van der Waals surface area (Å²) in [6.07, 6.45) is 0. The van der Waals surface area contributed by atoms with Crippen molar-refractivity contribution in [2.24, 2.45) is 0 Å². The molecule has 7 aromatic carbocycles. The summed E-state index contributed by atoms with van der Waals surface area (Å²) in [6, 6.07) is 50.7. The highest BCUT2D eigenvalue weighted by atomic mass is 15.1. The molecule has 9 aromatic rings. The summed E-state index contributed by atoms with van der Waals surface area (Å²) in [7, 11) is 0. The summed E-state index contributed by atoms with van der Waals surface area (Å²) in [6.45, 7) is 0. The standard InChI is InChI=1S/C38H24N2/c1-2-8-24(9-3-1)27-18-14-25-17-21-32-28(19-15-26-16-20-31(27)37(25)38(26)32)33-22-23-36(39-33)40-34-12-6-4-10-29(34)30-11-5-7-13-35(30)40/h1-23,39H. The first-order valence-electron chi connectivity index (χ1n) is 13.8. The van der Waals surface area contributed by atoms with E-state index < -0.39 is 0 Å². The van der Waals surface area contributed by atoms with Crippen molar-refractivity contribution in [3.05, 3.63) is 140 Å². The van der Waals surface area contributed by atoms with E-state index in [1.165, 1.54) is 70.8 Å². The molecule has 1 N–H and O–H groups in total. The second-order valence-electron chi connectivity index (χ2n) is 10.6. The molecule has 0 unspecified atom stereocenters. The number of fused-ring (bicyclic) bond motifs is 3. The summed E-state index contributed by atoms with van der Waals surface area (Å²) in [5.41, 5.74) is 7.29. The smallest absolute Gasteiger partial charge is 0.115 e. The second kappa shape index (κ2) is 8.08. The van der Waals surface area contributed by atoms with Crippen LogP contribution in [-0.4, -0.2) is 9.55 Å². The van der Waals surface area contributed by atoms with Crippen molar-refractivity contribution < 1.29 is 0 Å². The van der Waals surface area contributed by atoms with Gasteiger partial charge in [0.1, 0.15) is 5.82 Å². The maximum Gasteiger partial charge on any atom is 0.115 e. The van der Waals surface area contributed by atoms with Gasteiger partial charge in [0.05, 0.1) is 11.0 Å². The third-order valence-electron chi connectivity index (χ3n) is 8.53. The molecule has 2 heterocycles.